The molecule has 5 nitrogen and oxygen atoms in total. The summed E-state index contributed by atoms with van der Waals surface area (Å²) in [5.74, 6) is -0.0102. The second kappa shape index (κ2) is 9.57. The van der Waals surface area contributed by atoms with E-state index in [0.717, 1.165) is 57.6 Å². The Kier molecular flexibility index (Phi) is 6.87. The number of halogens is 1. The van der Waals surface area contributed by atoms with Crippen molar-refractivity contribution in [3.05, 3.63) is 52.5 Å². The highest BCUT2D eigenvalue weighted by Crippen LogP contribution is 2.31. The van der Waals surface area contributed by atoms with Gasteiger partial charge < -0.3 is 4.74 Å². The smallest absolute Gasteiger partial charge is 0.260 e. The van der Waals surface area contributed by atoms with Crippen LogP contribution in [0.4, 0.5) is 5.13 Å². The second-order valence-electron chi connectivity index (χ2n) is 6.75. The van der Waals surface area contributed by atoms with Gasteiger partial charge in [0.2, 0.25) is 0 Å². The van der Waals surface area contributed by atoms with Crippen LogP contribution >= 0.6 is 39.0 Å². The number of carbonyl (C=O) groups excluding carboxylic acids is 1. The van der Waals surface area contributed by atoms with Gasteiger partial charge >= 0.3 is 0 Å². The van der Waals surface area contributed by atoms with Crippen molar-refractivity contribution in [2.24, 2.45) is 0 Å². The molecule has 0 atom stereocenters. The first-order valence-corrected chi connectivity index (χ1v) is 12.3. The van der Waals surface area contributed by atoms with E-state index in [1.54, 1.807) is 23.1 Å². The van der Waals surface area contributed by atoms with Crippen molar-refractivity contribution in [3.63, 3.8) is 0 Å². The van der Waals surface area contributed by atoms with Gasteiger partial charge in [0.15, 0.2) is 5.13 Å². The summed E-state index contributed by atoms with van der Waals surface area (Å²) in [6.07, 6.45) is 2.03. The highest BCUT2D eigenvalue weighted by molar-refractivity contribution is 9.10. The molecule has 0 spiro atoms. The Bertz CT molecular complexity index is 987. The maximum Gasteiger partial charge on any atom is 0.260 e. The maximum absolute atomic E-state index is 13.4. The quantitative estimate of drug-likeness (QED) is 0.465. The van der Waals surface area contributed by atoms with Crippen LogP contribution in [-0.4, -0.2) is 61.4 Å². The normalized spacial score (nSPS) is 15.0. The van der Waals surface area contributed by atoms with Crippen LogP contribution in [0.3, 0.4) is 0 Å². The molecule has 29 heavy (non-hydrogen) atoms. The Morgan fingerprint density at radius 2 is 2.00 bits per heavy atom. The molecule has 0 radical (unpaired) electrons. The van der Waals surface area contributed by atoms with Gasteiger partial charge in [-0.3, -0.25) is 14.6 Å². The fourth-order valence-corrected chi connectivity index (χ4v) is 5.19. The van der Waals surface area contributed by atoms with Gasteiger partial charge in [0.1, 0.15) is 0 Å². The van der Waals surface area contributed by atoms with Crippen molar-refractivity contribution >= 4 is 60.3 Å². The van der Waals surface area contributed by atoms with Crippen molar-refractivity contribution in [2.45, 2.75) is 4.90 Å². The summed E-state index contributed by atoms with van der Waals surface area (Å²) in [6.45, 7) is 4.70. The second-order valence-corrected chi connectivity index (χ2v) is 9.55. The lowest BCUT2D eigenvalue weighted by Gasteiger charge is -2.29. The molecular weight excluding hydrogens is 470 g/mol. The molecular formula is C21H22BrN3O2S2. The zero-order valence-electron chi connectivity index (χ0n) is 16.1. The Morgan fingerprint density at radius 3 is 2.72 bits per heavy atom. The highest BCUT2D eigenvalue weighted by Gasteiger charge is 2.23. The fourth-order valence-electron chi connectivity index (χ4n) is 3.24. The number of anilines is 1. The number of thioether (sulfide) groups is 1. The Morgan fingerprint density at radius 1 is 1.24 bits per heavy atom. The highest BCUT2D eigenvalue weighted by atomic mass is 79.9. The van der Waals surface area contributed by atoms with Gasteiger partial charge in [-0.1, -0.05) is 27.3 Å². The molecule has 1 aliphatic heterocycles. The van der Waals surface area contributed by atoms with Crippen molar-refractivity contribution < 1.29 is 9.53 Å². The van der Waals surface area contributed by atoms with Crippen LogP contribution in [0.5, 0.6) is 0 Å². The Labute approximate surface area is 187 Å². The van der Waals surface area contributed by atoms with Gasteiger partial charge in [-0.2, -0.15) is 0 Å². The zero-order chi connectivity index (χ0) is 20.2. The van der Waals surface area contributed by atoms with Crippen molar-refractivity contribution in [1.82, 2.24) is 9.88 Å². The SMILES string of the molecule is CSc1ccc(C(=O)N(CCN2CCOCC2)c2nc3ccc(Br)cc3s2)cc1. The molecule has 4 rings (SSSR count). The number of hydrogen-bond acceptors (Lipinski definition) is 6. The van der Waals surface area contributed by atoms with E-state index in [4.69, 9.17) is 9.72 Å². The largest absolute Gasteiger partial charge is 0.379 e. The van der Waals surface area contributed by atoms with E-state index >= 15 is 0 Å². The third kappa shape index (κ3) is 5.00. The number of nitrogens with zero attached hydrogens (tertiary/aromatic N) is 3. The van der Waals surface area contributed by atoms with Crippen molar-refractivity contribution in [1.29, 1.82) is 0 Å². The first kappa shape index (κ1) is 20.8. The number of fused-ring (bicyclic) bond motifs is 1. The summed E-state index contributed by atoms with van der Waals surface area (Å²) in [7, 11) is 0. The van der Waals surface area contributed by atoms with E-state index in [-0.39, 0.29) is 5.91 Å². The van der Waals surface area contributed by atoms with Crippen LogP contribution in [-0.2, 0) is 4.74 Å². The molecule has 0 saturated carbocycles. The molecule has 2 aromatic carbocycles. The topological polar surface area (TPSA) is 45.7 Å². The Balaban J connectivity index is 1.61. The molecule has 0 aliphatic carbocycles. The molecule has 8 heteroatoms. The number of hydrogen-bond donors (Lipinski definition) is 0. The van der Waals surface area contributed by atoms with E-state index in [1.165, 1.54) is 0 Å². The van der Waals surface area contributed by atoms with E-state index in [2.05, 4.69) is 20.8 Å². The summed E-state index contributed by atoms with van der Waals surface area (Å²) < 4.78 is 7.52. The van der Waals surface area contributed by atoms with Crippen LogP contribution in [0.1, 0.15) is 10.4 Å². The van der Waals surface area contributed by atoms with Crippen LogP contribution in [0, 0.1) is 0 Å². The number of rotatable bonds is 6. The van der Waals surface area contributed by atoms with Crippen molar-refractivity contribution in [3.8, 4) is 0 Å². The molecule has 0 bridgehead atoms. The number of morpholine rings is 1. The summed E-state index contributed by atoms with van der Waals surface area (Å²) in [6, 6.07) is 13.8. The number of amides is 1. The summed E-state index contributed by atoms with van der Waals surface area (Å²) in [4.78, 5) is 23.5. The molecule has 2 heterocycles. The van der Waals surface area contributed by atoms with Crippen molar-refractivity contribution in [2.75, 3.05) is 50.5 Å². The lowest BCUT2D eigenvalue weighted by atomic mass is 10.2. The molecule has 1 fully saturated rings. The van der Waals surface area contributed by atoms with Gasteiger partial charge in [-0.05, 0) is 48.7 Å². The molecule has 1 amide bonds. The molecule has 0 N–H and O–H groups in total. The monoisotopic (exact) mass is 491 g/mol. The first-order chi connectivity index (χ1) is 14.1. The molecule has 0 unspecified atom stereocenters. The summed E-state index contributed by atoms with van der Waals surface area (Å²) in [5, 5.41) is 0.741. The molecule has 152 valence electrons. The first-order valence-electron chi connectivity index (χ1n) is 9.46. The molecule has 3 aromatic rings. The average molecular weight is 492 g/mol. The predicted molar refractivity (Wildman–Crippen MR) is 124 cm³/mol. The van der Waals surface area contributed by atoms with Gasteiger partial charge in [0.05, 0.1) is 23.4 Å². The third-order valence-corrected chi connectivity index (χ3v) is 7.17. The van der Waals surface area contributed by atoms with E-state index in [9.17, 15) is 4.79 Å². The van der Waals surface area contributed by atoms with Gasteiger partial charge in [0, 0.05) is 41.1 Å². The minimum Gasteiger partial charge on any atom is -0.379 e. The van der Waals surface area contributed by atoms with Crippen LogP contribution < -0.4 is 4.90 Å². The lowest BCUT2D eigenvalue weighted by molar-refractivity contribution is 0.0391. The van der Waals surface area contributed by atoms with Crippen LogP contribution in [0.25, 0.3) is 10.2 Å². The van der Waals surface area contributed by atoms with Crippen LogP contribution in [0.2, 0.25) is 0 Å². The number of aromatic nitrogens is 1. The number of thiazole rings is 1. The summed E-state index contributed by atoms with van der Waals surface area (Å²) in [5.41, 5.74) is 1.60. The van der Waals surface area contributed by atoms with Gasteiger partial charge in [-0.25, -0.2) is 4.98 Å². The fraction of sp³-hybridized carbons (Fsp3) is 0.333. The lowest BCUT2D eigenvalue weighted by Crippen LogP contribution is -2.43. The molecule has 1 aromatic heterocycles. The van der Waals surface area contributed by atoms with Crippen LogP contribution in [0.15, 0.2) is 51.8 Å². The molecule has 1 saturated heterocycles. The number of carbonyl (C=O) groups is 1. The number of ether oxygens (including phenoxy) is 1. The maximum atomic E-state index is 13.4. The molecule has 1 aliphatic rings. The zero-order valence-corrected chi connectivity index (χ0v) is 19.4. The van der Waals surface area contributed by atoms with Gasteiger partial charge in [-0.15, -0.1) is 11.8 Å². The minimum atomic E-state index is -0.0102. The average Bonchev–Trinajstić information content (AvgIpc) is 3.17. The third-order valence-electron chi connectivity index (χ3n) is 4.90. The summed E-state index contributed by atoms with van der Waals surface area (Å²) >= 11 is 6.74. The number of benzene rings is 2. The predicted octanol–water partition coefficient (Wildman–Crippen LogP) is 4.76. The minimum absolute atomic E-state index is 0.0102. The van der Waals surface area contributed by atoms with E-state index < -0.39 is 0 Å². The standard InChI is InChI=1S/C21H22BrN3O2S2/c1-28-17-5-2-15(3-6-17)20(26)25(9-8-24-10-12-27-13-11-24)21-23-18-7-4-16(22)14-19(18)29-21/h2-7,14H,8-13H2,1H3. The Hall–Kier alpha value is -1.45. The van der Waals surface area contributed by atoms with Gasteiger partial charge in [0.25, 0.3) is 5.91 Å². The van der Waals surface area contributed by atoms with E-state index in [0.29, 0.717) is 12.1 Å². The van der Waals surface area contributed by atoms with E-state index in [1.807, 2.05) is 53.6 Å².